The van der Waals surface area contributed by atoms with Crippen molar-refractivity contribution in [3.8, 4) is 0 Å². The van der Waals surface area contributed by atoms with Gasteiger partial charge in [-0.25, -0.2) is 4.79 Å². The third kappa shape index (κ3) is 19.2. The molecule has 0 aromatic heterocycles. The zero-order valence-corrected chi connectivity index (χ0v) is 48.1. The molecule has 2 rings (SSSR count). The van der Waals surface area contributed by atoms with Gasteiger partial charge < -0.3 is 56.3 Å². The Morgan fingerprint density at radius 2 is 1.42 bits per heavy atom. The summed E-state index contributed by atoms with van der Waals surface area (Å²) in [6, 6.07) is -6.59. The highest BCUT2D eigenvalue weighted by Gasteiger charge is 2.44. The van der Waals surface area contributed by atoms with Gasteiger partial charge >= 0.3 is 11.9 Å². The molecule has 77 heavy (non-hydrogen) atoms. The van der Waals surface area contributed by atoms with Crippen LogP contribution in [0.25, 0.3) is 0 Å². The van der Waals surface area contributed by atoms with Crippen LogP contribution in [-0.4, -0.2) is 209 Å². The van der Waals surface area contributed by atoms with Crippen molar-refractivity contribution in [2.75, 3.05) is 55.0 Å². The second kappa shape index (κ2) is 32.5. The Kier molecular flexibility index (Phi) is 29.4. The second-order valence-electron chi connectivity index (χ2n) is 21.1. The third-order valence-electron chi connectivity index (χ3n) is 14.7. The molecule has 1 saturated heterocycles. The molecule has 0 aromatic rings. The van der Waals surface area contributed by atoms with Gasteiger partial charge in [-0.3, -0.25) is 57.7 Å². The van der Waals surface area contributed by atoms with Crippen LogP contribution in [0.1, 0.15) is 107 Å². The smallest absolute Gasteiger partial charge is 0.328 e. The molecule has 13 atom stereocenters. The second-order valence-corrected chi connectivity index (χ2v) is 21.1. The number of nitrogens with zero attached hydrogens (tertiary/aromatic N) is 4. The zero-order valence-electron chi connectivity index (χ0n) is 47.1. The fraction of sp³-hybridized carbons (Fsp3) is 0.750. The van der Waals surface area contributed by atoms with Gasteiger partial charge in [-0.1, -0.05) is 54.9 Å². The monoisotopic (exact) mass is 1110 g/mol. The van der Waals surface area contributed by atoms with Crippen molar-refractivity contribution in [2.24, 2.45) is 41.2 Å². The van der Waals surface area contributed by atoms with Crippen LogP contribution in [0.3, 0.4) is 0 Å². The number of hydrogen-bond acceptors (Lipinski definition) is 16. The van der Waals surface area contributed by atoms with Gasteiger partial charge in [-0.15, -0.1) is 0 Å². The van der Waals surface area contributed by atoms with Crippen LogP contribution in [0.15, 0.2) is 12.2 Å². The summed E-state index contributed by atoms with van der Waals surface area (Å²) in [5.41, 5.74) is 5.63. The number of carbonyl (C=O) groups is 11. The topological polar surface area (TPSA) is 342 Å². The van der Waals surface area contributed by atoms with Gasteiger partial charge in [0.1, 0.15) is 18.1 Å². The van der Waals surface area contributed by atoms with E-state index in [1.54, 1.807) is 16.8 Å². The number of aliphatic hydroxyl groups is 1. The number of amides is 7. The number of ketones is 2. The van der Waals surface area contributed by atoms with Crippen LogP contribution in [0, 0.1) is 35.5 Å². The molecule has 0 radical (unpaired) electrons. The Morgan fingerprint density at radius 3 is 1.88 bits per heavy atom. The minimum atomic E-state index is -1.86. The van der Waals surface area contributed by atoms with Crippen molar-refractivity contribution in [2.45, 2.75) is 161 Å². The zero-order chi connectivity index (χ0) is 58.0. The maximum Gasteiger partial charge on any atom is 0.328 e. The van der Waals surface area contributed by atoms with E-state index in [0.29, 0.717) is 30.7 Å². The molecule has 24 nitrogen and oxygen atoms in total. The Balaban J connectivity index is 0.0000296. The molecule has 8 N–H and O–H groups in total. The summed E-state index contributed by atoms with van der Waals surface area (Å²) in [6.45, 7) is 13.4. The van der Waals surface area contributed by atoms with Crippen LogP contribution in [0.5, 0.6) is 0 Å². The van der Waals surface area contributed by atoms with Crippen molar-refractivity contribution in [3.63, 3.8) is 0 Å². The normalized spacial score (nSPS) is 19.2. The van der Waals surface area contributed by atoms with Crippen LogP contribution in [0.2, 0.25) is 0 Å². The number of carboxylic acid groups (broad SMARTS) is 2. The number of likely N-dealkylation sites (tertiary alicyclic amines) is 1. The van der Waals surface area contributed by atoms with Crippen molar-refractivity contribution in [1.82, 2.24) is 35.6 Å². The Morgan fingerprint density at radius 1 is 0.818 bits per heavy atom. The number of rotatable bonds is 34. The van der Waals surface area contributed by atoms with Gasteiger partial charge in [0, 0.05) is 84.2 Å². The molecule has 0 saturated carbocycles. The molecular formula is C52H88N8O16S. The third-order valence-corrected chi connectivity index (χ3v) is 14.7. The number of ether oxygens (including phenoxy) is 2. The van der Waals surface area contributed by atoms with Crippen LogP contribution in [0.4, 0.5) is 0 Å². The minimum absolute atomic E-state index is 0. The van der Waals surface area contributed by atoms with Crippen molar-refractivity contribution >= 4 is 78.4 Å². The maximum atomic E-state index is 14.4. The van der Waals surface area contributed by atoms with Crippen molar-refractivity contribution in [1.29, 1.82) is 0 Å². The lowest BCUT2D eigenvalue weighted by Gasteiger charge is -2.41. The maximum absolute atomic E-state index is 14.4. The summed E-state index contributed by atoms with van der Waals surface area (Å²) in [6.07, 6.45) is -1.76. The molecule has 0 spiro atoms. The largest absolute Gasteiger partial charge is 0.481 e. The van der Waals surface area contributed by atoms with E-state index in [1.807, 2.05) is 60.5 Å². The summed E-state index contributed by atoms with van der Waals surface area (Å²) in [7, 11) is 8.21. The first kappa shape index (κ1) is 69.7. The van der Waals surface area contributed by atoms with Gasteiger partial charge in [0.2, 0.25) is 29.5 Å². The Hall–Kier alpha value is -5.34. The summed E-state index contributed by atoms with van der Waals surface area (Å²) in [4.78, 5) is 151. The summed E-state index contributed by atoms with van der Waals surface area (Å²) < 4.78 is 11.9. The molecular weight excluding hydrogens is 1020 g/mol. The quantitative estimate of drug-likeness (QED) is 0.0420. The van der Waals surface area contributed by atoms with Crippen molar-refractivity contribution in [3.05, 3.63) is 12.2 Å². The molecule has 0 aliphatic carbocycles. The molecule has 7 amide bonds. The lowest BCUT2D eigenvalue weighted by Crippen LogP contribution is -2.57. The SMILES string of the molecule is CC[C@H](C)[C@@H]([C@@H](CC(=O)N1CCC[C@H]1[C@H](OC)[C@@H](C)C(=O)NC(C(=O)C[C@@H](CCC(=O)O)C(=O)N[C@@H](CNC(=O)[C@H](CN)N1C(=O)C=CC1=O)C(=O)O)[C@@H](C)O)OC)N(C)C(=O)[C@@H](CC(=O)[C@H](C(C)C)N(C)C)C(C)C.S. The number of methoxy groups -OCH3 is 2. The molecule has 2 aliphatic rings. The average molecular weight is 1110 g/mol. The van der Waals surface area contributed by atoms with Crippen LogP contribution < -0.4 is 21.7 Å². The molecule has 1 unspecified atom stereocenters. The summed E-state index contributed by atoms with van der Waals surface area (Å²) in [5.74, 6) is -12.5. The Labute approximate surface area is 459 Å². The molecule has 1 fully saturated rings. The number of likely N-dealkylation sites (N-methyl/N-ethyl adjacent to an activating group) is 2. The fourth-order valence-corrected chi connectivity index (χ4v) is 10.4. The Bertz CT molecular complexity index is 2080. The van der Waals surface area contributed by atoms with Gasteiger partial charge in [-0.2, -0.15) is 13.5 Å². The number of carboxylic acids is 2. The number of imide groups is 1. The number of nitrogens with two attached hydrogens (primary N) is 1. The van der Waals surface area contributed by atoms with Crippen LogP contribution in [-0.2, 0) is 62.2 Å². The number of carbonyl (C=O) groups excluding carboxylic acids is 9. The fourth-order valence-electron chi connectivity index (χ4n) is 10.4. The number of aliphatic carboxylic acids is 2. The van der Waals surface area contributed by atoms with Gasteiger partial charge in [0.15, 0.2) is 11.6 Å². The molecule has 438 valence electrons. The molecule has 0 aromatic carbocycles. The molecule has 25 heteroatoms. The number of aliphatic hydroxyl groups excluding tert-OH is 1. The van der Waals surface area contributed by atoms with Crippen molar-refractivity contribution < 1.29 is 77.5 Å². The first-order valence-corrected chi connectivity index (χ1v) is 26.1. The van der Waals surface area contributed by atoms with E-state index in [4.69, 9.17) is 15.2 Å². The van der Waals surface area contributed by atoms with E-state index in [-0.39, 0.29) is 67.7 Å². The van der Waals surface area contributed by atoms with E-state index < -0.39 is 146 Å². The number of Topliss-reactive ketones (excluding diaryl/α,β-unsaturated/α-hetero) is 2. The highest BCUT2D eigenvalue weighted by molar-refractivity contribution is 7.59. The van der Waals surface area contributed by atoms with Gasteiger partial charge in [-0.05, 0) is 58.0 Å². The van der Waals surface area contributed by atoms with Gasteiger partial charge in [0.05, 0.1) is 48.8 Å². The van der Waals surface area contributed by atoms with E-state index in [0.717, 1.165) is 12.2 Å². The minimum Gasteiger partial charge on any atom is -0.481 e. The summed E-state index contributed by atoms with van der Waals surface area (Å²) in [5, 5.41) is 37.1. The first-order valence-electron chi connectivity index (χ1n) is 26.1. The molecule has 2 heterocycles. The molecule has 0 bridgehead atoms. The van der Waals surface area contributed by atoms with E-state index in [2.05, 4.69) is 16.0 Å². The molecule has 2 aliphatic heterocycles. The van der Waals surface area contributed by atoms with Gasteiger partial charge in [0.25, 0.3) is 11.8 Å². The van der Waals surface area contributed by atoms with E-state index in [1.165, 1.54) is 28.1 Å². The summed E-state index contributed by atoms with van der Waals surface area (Å²) >= 11 is 0. The lowest BCUT2D eigenvalue weighted by molar-refractivity contribution is -0.149. The highest BCUT2D eigenvalue weighted by Crippen LogP contribution is 2.31. The first-order chi connectivity index (χ1) is 35.5. The van der Waals surface area contributed by atoms with E-state index >= 15 is 0 Å². The predicted octanol–water partition coefficient (Wildman–Crippen LogP) is 0.0808. The predicted molar refractivity (Wildman–Crippen MR) is 287 cm³/mol. The average Bonchev–Trinajstić information content (AvgIpc) is 3.96. The van der Waals surface area contributed by atoms with E-state index in [9.17, 15) is 68.1 Å². The lowest BCUT2D eigenvalue weighted by atomic mass is 9.83. The highest BCUT2D eigenvalue weighted by atomic mass is 32.1. The van der Waals surface area contributed by atoms with Crippen LogP contribution >= 0.6 is 13.5 Å². The standard InChI is InChI=1S/C52H86N8O16.H2S/c1-14-29(6)46(58(11)51(72)33(27(2)3)23-38(63)45(28(4)5)57(9)10)39(75-12)24-42(66)59-21-15-16-35(59)47(76-13)30(7)48(69)56-44(31(8)61)37(62)22-32(17-20-43(67)68)49(70)55-34(52(73)74)26-54-50(71)36(25-53)60-40(64)18-19-41(60)65;/h18-19,27-36,39,44-47,61H,14-17,20-26,53H2,1-13H3,(H,54,71)(H,55,70)(H,56,69)(H,67,68)(H,73,74);1H2/t29-,30+,31+,32+,33-,34-,35-,36-,39+,44?,45-,46-,47+;/m0./s1. The number of hydrogen-bond donors (Lipinski definition) is 7. The number of nitrogens with one attached hydrogen (secondary N) is 3.